The van der Waals surface area contributed by atoms with Gasteiger partial charge in [-0.05, 0) is 81.6 Å². The normalized spacial score (nSPS) is 11.0. The average molecular weight is 328 g/mol. The van der Waals surface area contributed by atoms with Crippen molar-refractivity contribution in [2.75, 3.05) is 18.8 Å². The molecule has 2 rings (SSSR count). The van der Waals surface area contributed by atoms with Gasteiger partial charge in [-0.1, -0.05) is 18.2 Å². The lowest BCUT2D eigenvalue weighted by Gasteiger charge is -2.13. The van der Waals surface area contributed by atoms with E-state index in [1.54, 1.807) is 12.1 Å². The van der Waals surface area contributed by atoms with Crippen LogP contribution >= 0.6 is 0 Å². The van der Waals surface area contributed by atoms with Crippen molar-refractivity contribution in [2.24, 2.45) is 0 Å². The highest BCUT2D eigenvalue weighted by Crippen LogP contribution is 2.24. The zero-order valence-electron chi connectivity index (χ0n) is 14.6. The minimum atomic E-state index is 0.135. The third kappa shape index (κ3) is 6.13. The third-order valence-electron chi connectivity index (χ3n) is 3.78. The van der Waals surface area contributed by atoms with Gasteiger partial charge in [0.25, 0.3) is 0 Å². The summed E-state index contributed by atoms with van der Waals surface area (Å²) >= 11 is 0. The first kappa shape index (κ1) is 18.1. The average Bonchev–Trinajstić information content (AvgIpc) is 2.54. The van der Waals surface area contributed by atoms with E-state index in [2.05, 4.69) is 11.4 Å². The molecular formula is C20H28N2O2. The van der Waals surface area contributed by atoms with E-state index < -0.39 is 0 Å². The number of nitrogens with two attached hydrogens (primary N) is 1. The van der Waals surface area contributed by atoms with Crippen molar-refractivity contribution in [1.82, 2.24) is 5.32 Å². The largest absolute Gasteiger partial charge is 0.508 e. The number of aromatic hydroxyl groups is 1. The van der Waals surface area contributed by atoms with Gasteiger partial charge in [0.2, 0.25) is 0 Å². The standard InChI is InChI=1S/C20H28N2O2/c1-15(2)24-20-10-7-17(14-19(20)21)4-3-12-22-13-11-16-5-8-18(23)9-6-16/h5-10,14-15,22-23H,3-4,11-13,21H2,1-2H3. The van der Waals surface area contributed by atoms with E-state index in [1.807, 2.05) is 38.1 Å². The Labute approximate surface area is 144 Å². The van der Waals surface area contributed by atoms with Gasteiger partial charge in [0, 0.05) is 0 Å². The van der Waals surface area contributed by atoms with Crippen molar-refractivity contribution < 1.29 is 9.84 Å². The van der Waals surface area contributed by atoms with Gasteiger partial charge in [-0.25, -0.2) is 0 Å². The van der Waals surface area contributed by atoms with Crippen molar-refractivity contribution in [1.29, 1.82) is 0 Å². The number of aryl methyl sites for hydroxylation is 1. The minimum Gasteiger partial charge on any atom is -0.508 e. The SMILES string of the molecule is CC(C)Oc1ccc(CCCNCCc2ccc(O)cc2)cc1N. The van der Waals surface area contributed by atoms with Gasteiger partial charge in [0.1, 0.15) is 11.5 Å². The molecule has 24 heavy (non-hydrogen) atoms. The van der Waals surface area contributed by atoms with Crippen LogP contribution in [-0.4, -0.2) is 24.3 Å². The van der Waals surface area contributed by atoms with Crippen molar-refractivity contribution in [3.8, 4) is 11.5 Å². The van der Waals surface area contributed by atoms with E-state index in [0.717, 1.165) is 38.1 Å². The molecule has 4 nitrogen and oxygen atoms in total. The molecule has 0 radical (unpaired) electrons. The molecule has 0 aromatic heterocycles. The number of nitrogens with one attached hydrogen (secondary N) is 1. The summed E-state index contributed by atoms with van der Waals surface area (Å²) in [5.74, 6) is 1.08. The van der Waals surface area contributed by atoms with E-state index >= 15 is 0 Å². The number of rotatable bonds is 9. The number of benzene rings is 2. The highest BCUT2D eigenvalue weighted by atomic mass is 16.5. The molecule has 0 saturated carbocycles. The molecule has 4 N–H and O–H groups in total. The molecule has 0 heterocycles. The predicted molar refractivity (Wildman–Crippen MR) is 99.6 cm³/mol. The molecule has 0 saturated heterocycles. The monoisotopic (exact) mass is 328 g/mol. The Kier molecular flexibility index (Phi) is 6.94. The third-order valence-corrected chi connectivity index (χ3v) is 3.78. The minimum absolute atomic E-state index is 0.135. The van der Waals surface area contributed by atoms with Gasteiger partial charge in [0.05, 0.1) is 11.8 Å². The first-order chi connectivity index (χ1) is 11.5. The van der Waals surface area contributed by atoms with E-state index in [9.17, 15) is 5.11 Å². The molecule has 0 aliphatic heterocycles. The molecule has 0 amide bonds. The van der Waals surface area contributed by atoms with Crippen molar-refractivity contribution >= 4 is 5.69 Å². The van der Waals surface area contributed by atoms with Crippen LogP contribution in [0.15, 0.2) is 42.5 Å². The number of hydrogen-bond acceptors (Lipinski definition) is 4. The lowest BCUT2D eigenvalue weighted by molar-refractivity contribution is 0.244. The van der Waals surface area contributed by atoms with Crippen LogP contribution < -0.4 is 15.8 Å². The lowest BCUT2D eigenvalue weighted by Crippen LogP contribution is -2.19. The van der Waals surface area contributed by atoms with Crippen molar-refractivity contribution in [3.05, 3.63) is 53.6 Å². The van der Waals surface area contributed by atoms with E-state index in [0.29, 0.717) is 11.4 Å². The van der Waals surface area contributed by atoms with E-state index in [-0.39, 0.29) is 6.10 Å². The molecule has 2 aromatic carbocycles. The Morgan fingerprint density at radius 1 is 1.00 bits per heavy atom. The van der Waals surface area contributed by atoms with Gasteiger partial charge in [-0.2, -0.15) is 0 Å². The summed E-state index contributed by atoms with van der Waals surface area (Å²) in [6.45, 7) is 5.91. The number of hydrogen-bond donors (Lipinski definition) is 3. The maximum Gasteiger partial charge on any atom is 0.142 e. The topological polar surface area (TPSA) is 67.5 Å². The molecule has 130 valence electrons. The maximum absolute atomic E-state index is 9.25. The lowest BCUT2D eigenvalue weighted by atomic mass is 10.1. The second-order valence-electron chi connectivity index (χ2n) is 6.31. The first-order valence-corrected chi connectivity index (χ1v) is 8.58. The Hall–Kier alpha value is -2.20. The van der Waals surface area contributed by atoms with Gasteiger partial charge >= 0.3 is 0 Å². The molecule has 0 fully saturated rings. The first-order valence-electron chi connectivity index (χ1n) is 8.58. The highest BCUT2D eigenvalue weighted by molar-refractivity contribution is 5.54. The number of phenols is 1. The van der Waals surface area contributed by atoms with Crippen LogP contribution in [0.4, 0.5) is 5.69 Å². The van der Waals surface area contributed by atoms with Crippen LogP contribution in [0.2, 0.25) is 0 Å². The fourth-order valence-corrected chi connectivity index (χ4v) is 2.55. The van der Waals surface area contributed by atoms with Crippen LogP contribution in [0, 0.1) is 0 Å². The smallest absolute Gasteiger partial charge is 0.142 e. The quantitative estimate of drug-likeness (QED) is 0.487. The highest BCUT2D eigenvalue weighted by Gasteiger charge is 2.04. The molecule has 4 heteroatoms. The molecule has 0 bridgehead atoms. The zero-order valence-corrected chi connectivity index (χ0v) is 14.6. The summed E-state index contributed by atoms with van der Waals surface area (Å²) in [5, 5.41) is 12.7. The van der Waals surface area contributed by atoms with Gasteiger partial charge < -0.3 is 20.9 Å². The van der Waals surface area contributed by atoms with Crippen LogP contribution in [-0.2, 0) is 12.8 Å². The van der Waals surface area contributed by atoms with Crippen molar-refractivity contribution in [2.45, 2.75) is 39.2 Å². The molecule has 0 spiro atoms. The molecule has 0 unspecified atom stereocenters. The van der Waals surface area contributed by atoms with Crippen LogP contribution in [0.5, 0.6) is 11.5 Å². The summed E-state index contributed by atoms with van der Waals surface area (Å²) in [6.07, 6.45) is 3.17. The zero-order chi connectivity index (χ0) is 17.4. The molecule has 0 aliphatic carbocycles. The summed E-state index contributed by atoms with van der Waals surface area (Å²) in [6, 6.07) is 13.4. The Balaban J connectivity index is 1.65. The van der Waals surface area contributed by atoms with Gasteiger partial charge in [-0.3, -0.25) is 0 Å². The van der Waals surface area contributed by atoms with Gasteiger partial charge in [-0.15, -0.1) is 0 Å². The van der Waals surface area contributed by atoms with E-state index in [1.165, 1.54) is 11.1 Å². The molecular weight excluding hydrogens is 300 g/mol. The van der Waals surface area contributed by atoms with Gasteiger partial charge in [0.15, 0.2) is 0 Å². The fourth-order valence-electron chi connectivity index (χ4n) is 2.55. The fraction of sp³-hybridized carbons (Fsp3) is 0.400. The number of phenolic OH excluding ortho intramolecular Hbond substituents is 1. The second-order valence-corrected chi connectivity index (χ2v) is 6.31. The maximum atomic E-state index is 9.25. The van der Waals surface area contributed by atoms with Crippen LogP contribution in [0.25, 0.3) is 0 Å². The summed E-state index contributed by atoms with van der Waals surface area (Å²) in [4.78, 5) is 0. The number of ether oxygens (including phenoxy) is 1. The van der Waals surface area contributed by atoms with Crippen LogP contribution in [0.3, 0.4) is 0 Å². The Bertz CT molecular complexity index is 624. The second kappa shape index (κ2) is 9.18. The molecule has 0 aliphatic rings. The summed E-state index contributed by atoms with van der Waals surface area (Å²) < 4.78 is 5.65. The molecule has 0 atom stereocenters. The Morgan fingerprint density at radius 2 is 1.71 bits per heavy atom. The summed E-state index contributed by atoms with van der Waals surface area (Å²) in [7, 11) is 0. The Morgan fingerprint density at radius 3 is 2.38 bits per heavy atom. The predicted octanol–water partition coefficient (Wildman–Crippen LogP) is 3.53. The summed E-state index contributed by atoms with van der Waals surface area (Å²) in [5.41, 5.74) is 9.22. The van der Waals surface area contributed by atoms with Crippen molar-refractivity contribution in [3.63, 3.8) is 0 Å². The molecule has 2 aromatic rings. The van der Waals surface area contributed by atoms with Crippen LogP contribution in [0.1, 0.15) is 31.4 Å². The number of anilines is 1. The number of nitrogen functional groups attached to an aromatic ring is 1. The van der Waals surface area contributed by atoms with E-state index in [4.69, 9.17) is 10.5 Å².